The third-order valence-electron chi connectivity index (χ3n) is 3.74. The summed E-state index contributed by atoms with van der Waals surface area (Å²) in [5.74, 6) is -0.648. The lowest BCUT2D eigenvalue weighted by molar-refractivity contribution is -0.591. The Kier molecular flexibility index (Phi) is 5.46. The van der Waals surface area contributed by atoms with E-state index in [1.54, 1.807) is 0 Å². The Bertz CT molecular complexity index is 310. The molecule has 1 aliphatic carbocycles. The third-order valence-corrected chi connectivity index (χ3v) is 3.74. The topological polar surface area (TPSA) is 107 Å². The predicted molar refractivity (Wildman–Crippen MR) is 64.4 cm³/mol. The molecule has 4 unspecified atom stereocenters. The van der Waals surface area contributed by atoms with Crippen LogP contribution in [0.3, 0.4) is 0 Å². The first kappa shape index (κ1) is 14.8. The second-order valence-electron chi connectivity index (χ2n) is 4.93. The summed E-state index contributed by atoms with van der Waals surface area (Å²) in [5.41, 5.74) is 0. The van der Waals surface area contributed by atoms with Gasteiger partial charge in [-0.3, -0.25) is 20.2 Å². The molecule has 1 aliphatic rings. The molecule has 7 heteroatoms. The van der Waals surface area contributed by atoms with E-state index in [0.717, 1.165) is 19.3 Å². The second-order valence-corrected chi connectivity index (χ2v) is 4.93. The van der Waals surface area contributed by atoms with Gasteiger partial charge in [0.15, 0.2) is 0 Å². The van der Waals surface area contributed by atoms with E-state index < -0.39 is 34.0 Å². The predicted octanol–water partition coefficient (Wildman–Crippen LogP) is 1.63. The quantitative estimate of drug-likeness (QED) is 0.443. The van der Waals surface area contributed by atoms with Gasteiger partial charge in [0.2, 0.25) is 12.1 Å². The molecule has 0 bridgehead atoms. The van der Waals surface area contributed by atoms with E-state index in [-0.39, 0.29) is 12.8 Å². The summed E-state index contributed by atoms with van der Waals surface area (Å²) in [6.07, 6.45) is 2.37. The minimum absolute atomic E-state index is 0.140. The van der Waals surface area contributed by atoms with Crippen molar-refractivity contribution in [3.8, 4) is 0 Å². The van der Waals surface area contributed by atoms with Crippen molar-refractivity contribution in [1.29, 1.82) is 0 Å². The minimum atomic E-state index is -1.19. The van der Waals surface area contributed by atoms with Gasteiger partial charge < -0.3 is 5.11 Å². The molecule has 0 amide bonds. The molecule has 7 nitrogen and oxygen atoms in total. The lowest BCUT2D eigenvalue weighted by Gasteiger charge is -2.31. The van der Waals surface area contributed by atoms with Crippen molar-refractivity contribution in [2.75, 3.05) is 0 Å². The molecule has 0 spiro atoms. The van der Waals surface area contributed by atoms with Crippen molar-refractivity contribution in [2.24, 2.45) is 5.92 Å². The van der Waals surface area contributed by atoms with Crippen LogP contribution in [0.2, 0.25) is 0 Å². The van der Waals surface area contributed by atoms with Crippen LogP contribution in [0.1, 0.15) is 45.4 Å². The number of rotatable bonds is 6. The number of nitrogens with zero attached hydrogens (tertiary/aromatic N) is 2. The van der Waals surface area contributed by atoms with Crippen LogP contribution in [0.4, 0.5) is 0 Å². The van der Waals surface area contributed by atoms with Gasteiger partial charge in [0.05, 0.1) is 5.92 Å². The van der Waals surface area contributed by atoms with Crippen molar-refractivity contribution < 1.29 is 15.0 Å². The maximum atomic E-state index is 11.0. The van der Waals surface area contributed by atoms with Crippen LogP contribution >= 0.6 is 0 Å². The fourth-order valence-corrected chi connectivity index (χ4v) is 2.79. The van der Waals surface area contributed by atoms with Crippen LogP contribution in [0.25, 0.3) is 0 Å². The highest BCUT2D eigenvalue weighted by molar-refractivity contribution is 4.88. The van der Waals surface area contributed by atoms with E-state index >= 15 is 0 Å². The highest BCUT2D eigenvalue weighted by Gasteiger charge is 2.51. The standard InChI is InChI=1S/C11H20N2O5/c1-2-3-4-5-8-9(12(15)16)6-7-10(14)11(8)13(17)18/h8-11,14H,2-7H2,1H3. The Morgan fingerprint density at radius 3 is 2.33 bits per heavy atom. The molecular formula is C11H20N2O5. The van der Waals surface area contributed by atoms with Gasteiger partial charge in [-0.1, -0.05) is 26.2 Å². The van der Waals surface area contributed by atoms with Crippen LogP contribution in [0.15, 0.2) is 0 Å². The van der Waals surface area contributed by atoms with E-state index in [1.807, 2.05) is 6.92 Å². The summed E-state index contributed by atoms with van der Waals surface area (Å²) < 4.78 is 0. The normalized spacial score (nSPS) is 32.1. The summed E-state index contributed by atoms with van der Waals surface area (Å²) >= 11 is 0. The molecule has 18 heavy (non-hydrogen) atoms. The number of hydrogen-bond acceptors (Lipinski definition) is 5. The molecule has 0 radical (unpaired) electrons. The molecule has 0 heterocycles. The number of unbranched alkanes of at least 4 members (excludes halogenated alkanes) is 2. The van der Waals surface area contributed by atoms with E-state index in [2.05, 4.69) is 0 Å². The summed E-state index contributed by atoms with van der Waals surface area (Å²) in [6, 6.07) is -2.08. The monoisotopic (exact) mass is 260 g/mol. The smallest absolute Gasteiger partial charge is 0.247 e. The molecule has 0 aromatic heterocycles. The SMILES string of the molecule is CCCCCC1C([N+](=O)[O-])CCC(O)C1[N+](=O)[O-]. The highest BCUT2D eigenvalue weighted by Crippen LogP contribution is 2.32. The van der Waals surface area contributed by atoms with Crippen molar-refractivity contribution in [3.63, 3.8) is 0 Å². The van der Waals surface area contributed by atoms with Crippen LogP contribution in [0.5, 0.6) is 0 Å². The molecule has 1 fully saturated rings. The second kappa shape index (κ2) is 6.63. The molecule has 104 valence electrons. The summed E-state index contributed by atoms with van der Waals surface area (Å²) in [5, 5.41) is 31.7. The van der Waals surface area contributed by atoms with Gasteiger partial charge in [0.1, 0.15) is 6.10 Å². The van der Waals surface area contributed by atoms with Gasteiger partial charge in [-0.05, 0) is 12.8 Å². The fraction of sp³-hybridized carbons (Fsp3) is 1.00. The molecule has 1 N–H and O–H groups in total. The number of nitro groups is 2. The van der Waals surface area contributed by atoms with Crippen LogP contribution in [-0.2, 0) is 0 Å². The molecule has 0 saturated heterocycles. The Morgan fingerprint density at radius 2 is 1.83 bits per heavy atom. The zero-order chi connectivity index (χ0) is 13.7. The first-order chi connectivity index (χ1) is 8.49. The Hall–Kier alpha value is -1.24. The third kappa shape index (κ3) is 3.38. The van der Waals surface area contributed by atoms with E-state index in [0.29, 0.717) is 6.42 Å². The number of aliphatic hydroxyl groups is 1. The summed E-state index contributed by atoms with van der Waals surface area (Å²) in [6.45, 7) is 2.01. The van der Waals surface area contributed by atoms with Crippen molar-refractivity contribution in [3.05, 3.63) is 20.2 Å². The first-order valence-electron chi connectivity index (χ1n) is 6.44. The van der Waals surface area contributed by atoms with Crippen molar-refractivity contribution in [1.82, 2.24) is 0 Å². The van der Waals surface area contributed by atoms with E-state index in [9.17, 15) is 25.3 Å². The van der Waals surface area contributed by atoms with Crippen molar-refractivity contribution in [2.45, 2.75) is 63.6 Å². The van der Waals surface area contributed by atoms with Gasteiger partial charge in [-0.2, -0.15) is 0 Å². The van der Waals surface area contributed by atoms with E-state index in [4.69, 9.17) is 0 Å². The highest BCUT2D eigenvalue weighted by atomic mass is 16.6. The molecule has 4 atom stereocenters. The Labute approximate surface area is 105 Å². The molecule has 0 aliphatic heterocycles. The van der Waals surface area contributed by atoms with Crippen LogP contribution in [-0.4, -0.2) is 33.1 Å². The van der Waals surface area contributed by atoms with Gasteiger partial charge >= 0.3 is 0 Å². The molecular weight excluding hydrogens is 240 g/mol. The van der Waals surface area contributed by atoms with E-state index in [1.165, 1.54) is 0 Å². The number of aliphatic hydroxyl groups excluding tert-OH is 1. The summed E-state index contributed by atoms with van der Waals surface area (Å²) in [7, 11) is 0. The maximum Gasteiger partial charge on any atom is 0.247 e. The lowest BCUT2D eigenvalue weighted by atomic mass is 9.76. The molecule has 1 saturated carbocycles. The minimum Gasteiger partial charge on any atom is -0.386 e. The first-order valence-corrected chi connectivity index (χ1v) is 6.44. The largest absolute Gasteiger partial charge is 0.386 e. The zero-order valence-electron chi connectivity index (χ0n) is 10.5. The Morgan fingerprint density at radius 1 is 1.17 bits per heavy atom. The van der Waals surface area contributed by atoms with Gasteiger partial charge in [-0.15, -0.1) is 0 Å². The lowest BCUT2D eigenvalue weighted by Crippen LogP contribution is -2.51. The van der Waals surface area contributed by atoms with Gasteiger partial charge in [-0.25, -0.2) is 0 Å². The average Bonchev–Trinajstić information content (AvgIpc) is 2.28. The zero-order valence-corrected chi connectivity index (χ0v) is 10.5. The molecule has 0 aromatic rings. The van der Waals surface area contributed by atoms with Gasteiger partial charge in [0.25, 0.3) is 0 Å². The molecule has 0 aromatic carbocycles. The van der Waals surface area contributed by atoms with Gasteiger partial charge in [0, 0.05) is 16.3 Å². The molecule has 1 rings (SSSR count). The van der Waals surface area contributed by atoms with Crippen LogP contribution in [0, 0.1) is 26.1 Å². The fourth-order valence-electron chi connectivity index (χ4n) is 2.79. The Balaban J connectivity index is 2.80. The summed E-state index contributed by atoms with van der Waals surface area (Å²) in [4.78, 5) is 21.0. The van der Waals surface area contributed by atoms with Crippen LogP contribution < -0.4 is 0 Å². The van der Waals surface area contributed by atoms with Crippen molar-refractivity contribution >= 4 is 0 Å². The number of hydrogen-bond donors (Lipinski definition) is 1. The average molecular weight is 260 g/mol. The maximum absolute atomic E-state index is 11.0.